The van der Waals surface area contributed by atoms with E-state index in [9.17, 15) is 9.59 Å². The number of carbonyl (C=O) groups is 2. The van der Waals surface area contributed by atoms with Crippen molar-refractivity contribution in [2.24, 2.45) is 5.73 Å². The largest absolute Gasteiger partial charge is 0.364 e. The average Bonchev–Trinajstić information content (AvgIpc) is 3.46. The molecule has 4 aromatic rings. The number of fused-ring (bicyclic) bond motifs is 2. The van der Waals surface area contributed by atoms with Crippen molar-refractivity contribution in [1.82, 2.24) is 9.38 Å². The molecule has 0 aliphatic heterocycles. The molecule has 0 radical (unpaired) electrons. The van der Waals surface area contributed by atoms with Crippen molar-refractivity contribution in [1.29, 1.82) is 0 Å². The van der Waals surface area contributed by atoms with Crippen LogP contribution in [0.5, 0.6) is 0 Å². The van der Waals surface area contributed by atoms with Gasteiger partial charge in [-0.25, -0.2) is 4.98 Å². The summed E-state index contributed by atoms with van der Waals surface area (Å²) >= 11 is 0. The van der Waals surface area contributed by atoms with Crippen LogP contribution in [0.1, 0.15) is 56.4 Å². The number of hydrogen-bond donors (Lipinski definition) is 1. The lowest BCUT2D eigenvalue weighted by molar-refractivity contribution is 0.0994. The Morgan fingerprint density at radius 2 is 1.81 bits per heavy atom. The van der Waals surface area contributed by atoms with Crippen molar-refractivity contribution in [3.63, 3.8) is 0 Å². The van der Waals surface area contributed by atoms with E-state index in [0.717, 1.165) is 35.9 Å². The molecule has 0 atom stereocenters. The van der Waals surface area contributed by atoms with E-state index in [2.05, 4.69) is 42.2 Å². The zero-order valence-electron chi connectivity index (χ0n) is 18.6. The normalized spacial score (nSPS) is 11.6. The van der Waals surface area contributed by atoms with E-state index in [4.69, 9.17) is 5.73 Å². The Hall–Kier alpha value is -3.73. The van der Waals surface area contributed by atoms with Gasteiger partial charge in [-0.05, 0) is 67.0 Å². The summed E-state index contributed by atoms with van der Waals surface area (Å²) < 4.78 is 1.69. The van der Waals surface area contributed by atoms with Gasteiger partial charge in [-0.2, -0.15) is 0 Å². The molecule has 164 valence electrons. The fraction of sp³-hybridized carbons (Fsp3) is 0.222. The summed E-state index contributed by atoms with van der Waals surface area (Å²) in [5, 5.41) is 0. The third kappa shape index (κ3) is 5.91. The predicted octanol–water partition coefficient (Wildman–Crippen LogP) is 4.98. The van der Waals surface area contributed by atoms with Gasteiger partial charge in [0.15, 0.2) is 0 Å². The first-order chi connectivity index (χ1) is 15.5. The number of amides is 1. The van der Waals surface area contributed by atoms with Crippen LogP contribution in [0.25, 0.3) is 5.65 Å². The smallest absolute Gasteiger partial charge is 0.267 e. The quantitative estimate of drug-likeness (QED) is 0.469. The number of pyridine rings is 1. The van der Waals surface area contributed by atoms with Crippen LogP contribution in [-0.4, -0.2) is 21.6 Å². The van der Waals surface area contributed by atoms with Gasteiger partial charge < -0.3 is 5.73 Å². The fourth-order valence-electron chi connectivity index (χ4n) is 3.65. The maximum absolute atomic E-state index is 10.9. The number of benzene rings is 2. The topological polar surface area (TPSA) is 77.5 Å². The van der Waals surface area contributed by atoms with Crippen molar-refractivity contribution in [3.05, 3.63) is 107 Å². The molecule has 5 heteroatoms. The number of primary amides is 1. The number of carbonyl (C=O) groups excluding carboxylic acids is 2. The minimum atomic E-state index is -0.460. The van der Waals surface area contributed by atoms with Crippen molar-refractivity contribution in [2.75, 3.05) is 0 Å². The maximum Gasteiger partial charge on any atom is 0.267 e. The second-order valence-electron chi connectivity index (χ2n) is 7.78. The lowest BCUT2D eigenvalue weighted by Gasteiger charge is -1.98. The number of aromatic nitrogens is 2. The first-order valence-electron chi connectivity index (χ1n) is 10.9. The molecule has 0 spiro atoms. The molecular formula is C27H29N3O2. The summed E-state index contributed by atoms with van der Waals surface area (Å²) in [6.07, 6.45) is 8.96. The number of imidazole rings is 1. The Morgan fingerprint density at radius 1 is 1.06 bits per heavy atom. The summed E-state index contributed by atoms with van der Waals surface area (Å²) in [5.74, 6) is -0.460. The van der Waals surface area contributed by atoms with Gasteiger partial charge in [-0.15, -0.1) is 0 Å². The molecule has 2 aromatic carbocycles. The van der Waals surface area contributed by atoms with Gasteiger partial charge in [0.1, 0.15) is 17.6 Å². The van der Waals surface area contributed by atoms with E-state index < -0.39 is 5.91 Å². The predicted molar refractivity (Wildman–Crippen MR) is 128 cm³/mol. The molecule has 0 bridgehead atoms. The van der Waals surface area contributed by atoms with Crippen LogP contribution in [0, 0.1) is 6.92 Å². The van der Waals surface area contributed by atoms with E-state index in [1.165, 1.54) is 35.7 Å². The molecule has 1 aliphatic carbocycles. The van der Waals surface area contributed by atoms with E-state index in [1.54, 1.807) is 4.40 Å². The molecule has 2 heterocycles. The number of nitrogens with zero attached hydrogens (tertiary/aromatic N) is 2. The van der Waals surface area contributed by atoms with Gasteiger partial charge in [0, 0.05) is 11.8 Å². The molecule has 0 fully saturated rings. The van der Waals surface area contributed by atoms with Crippen LogP contribution < -0.4 is 5.73 Å². The molecular weight excluding hydrogens is 398 g/mol. The molecule has 5 nitrogen and oxygen atoms in total. The third-order valence-corrected chi connectivity index (χ3v) is 5.42. The van der Waals surface area contributed by atoms with Crippen LogP contribution in [0.3, 0.4) is 0 Å². The number of rotatable bonds is 3. The van der Waals surface area contributed by atoms with E-state index in [1.807, 2.05) is 43.5 Å². The molecule has 2 N–H and O–H groups in total. The first kappa shape index (κ1) is 22.9. The highest BCUT2D eigenvalue weighted by Crippen LogP contribution is 2.22. The minimum Gasteiger partial charge on any atom is -0.364 e. The number of nitrogens with two attached hydrogens (primary N) is 1. The van der Waals surface area contributed by atoms with Crippen molar-refractivity contribution in [3.8, 4) is 0 Å². The highest BCUT2D eigenvalue weighted by Gasteiger charge is 2.10. The van der Waals surface area contributed by atoms with Crippen molar-refractivity contribution in [2.45, 2.75) is 39.5 Å². The highest BCUT2D eigenvalue weighted by molar-refractivity contribution is 5.91. The first-order valence-corrected chi connectivity index (χ1v) is 10.9. The summed E-state index contributed by atoms with van der Waals surface area (Å²) in [7, 11) is 0. The van der Waals surface area contributed by atoms with Crippen LogP contribution in [0.4, 0.5) is 0 Å². The summed E-state index contributed by atoms with van der Waals surface area (Å²) in [5.41, 5.74) is 12.4. The number of aldehydes is 1. The van der Waals surface area contributed by atoms with Crippen molar-refractivity contribution < 1.29 is 9.59 Å². The SMILES string of the molecule is CCc1ccccc1.Cc1ccc2ncc(C(N)=O)n2c1.O=Cc1ccc2c(c1)CCC2. The lowest BCUT2D eigenvalue weighted by atomic mass is 10.1. The standard InChI is InChI=1S/C10H10O.C9H9N3O.C8H10/c11-7-8-4-5-9-2-1-3-10(9)6-8;1-6-2-3-8-11-4-7(9(10)13)12(8)5-6;1-2-8-6-4-3-5-7-8/h4-7H,1-3H2;2-5H,1H3,(H2,10,13);3-7H,2H2,1H3. The fourth-order valence-corrected chi connectivity index (χ4v) is 3.65. The zero-order chi connectivity index (χ0) is 22.9. The average molecular weight is 428 g/mol. The van der Waals surface area contributed by atoms with E-state index in [0.29, 0.717) is 5.69 Å². The Bertz CT molecular complexity index is 1200. The zero-order valence-corrected chi connectivity index (χ0v) is 18.6. The molecule has 32 heavy (non-hydrogen) atoms. The maximum atomic E-state index is 10.9. The summed E-state index contributed by atoms with van der Waals surface area (Å²) in [6.45, 7) is 4.11. The molecule has 0 unspecified atom stereocenters. The van der Waals surface area contributed by atoms with Gasteiger partial charge in [0.05, 0.1) is 6.20 Å². The molecule has 5 rings (SSSR count). The second-order valence-corrected chi connectivity index (χ2v) is 7.78. The molecule has 0 saturated heterocycles. The number of hydrogen-bond acceptors (Lipinski definition) is 3. The van der Waals surface area contributed by atoms with Crippen LogP contribution in [-0.2, 0) is 19.3 Å². The summed E-state index contributed by atoms with van der Waals surface area (Å²) in [4.78, 5) is 25.4. The Labute approximate surface area is 188 Å². The molecule has 1 aliphatic rings. The number of aryl methyl sites for hydroxylation is 4. The van der Waals surface area contributed by atoms with Gasteiger partial charge in [0.25, 0.3) is 5.91 Å². The van der Waals surface area contributed by atoms with Crippen LogP contribution in [0.2, 0.25) is 0 Å². The van der Waals surface area contributed by atoms with Gasteiger partial charge >= 0.3 is 0 Å². The van der Waals surface area contributed by atoms with Crippen LogP contribution >= 0.6 is 0 Å². The minimum absolute atomic E-state index is 0.415. The molecule has 2 aromatic heterocycles. The highest BCUT2D eigenvalue weighted by atomic mass is 16.1. The van der Waals surface area contributed by atoms with Crippen molar-refractivity contribution >= 4 is 17.8 Å². The molecule has 1 amide bonds. The summed E-state index contributed by atoms with van der Waals surface area (Å²) in [6, 6.07) is 20.2. The Kier molecular flexibility index (Phi) is 7.92. The molecule has 0 saturated carbocycles. The van der Waals surface area contributed by atoms with E-state index in [-0.39, 0.29) is 0 Å². The van der Waals surface area contributed by atoms with Gasteiger partial charge in [-0.3, -0.25) is 14.0 Å². The Balaban J connectivity index is 0.000000140. The Morgan fingerprint density at radius 3 is 2.47 bits per heavy atom. The third-order valence-electron chi connectivity index (χ3n) is 5.42. The van der Waals surface area contributed by atoms with Gasteiger partial charge in [-0.1, -0.05) is 55.5 Å². The second kappa shape index (κ2) is 11.0. The van der Waals surface area contributed by atoms with E-state index >= 15 is 0 Å². The lowest BCUT2D eigenvalue weighted by Crippen LogP contribution is -2.13. The monoisotopic (exact) mass is 427 g/mol. The van der Waals surface area contributed by atoms with Crippen LogP contribution in [0.15, 0.2) is 73.1 Å². The van der Waals surface area contributed by atoms with Gasteiger partial charge in [0.2, 0.25) is 0 Å².